The standard InChI is InChI=1S/C13H20ClNO2/c1-10(2)17-9-12(16)8-15-7-11-5-3-4-6-13(11)14/h3-6,10,12,15-16H,7-9H2,1-2H3. The fourth-order valence-electron chi connectivity index (χ4n) is 1.38. The molecular formula is C13H20ClNO2. The Labute approximate surface area is 108 Å². The van der Waals surface area contributed by atoms with E-state index in [2.05, 4.69) is 5.32 Å². The summed E-state index contributed by atoms with van der Waals surface area (Å²) in [5.41, 5.74) is 1.03. The van der Waals surface area contributed by atoms with Crippen molar-refractivity contribution in [2.75, 3.05) is 13.2 Å². The fraction of sp³-hybridized carbons (Fsp3) is 0.538. The number of hydrogen-bond acceptors (Lipinski definition) is 3. The summed E-state index contributed by atoms with van der Waals surface area (Å²) in [7, 11) is 0. The van der Waals surface area contributed by atoms with Crippen LogP contribution in [0.5, 0.6) is 0 Å². The molecule has 96 valence electrons. The number of aliphatic hydroxyl groups is 1. The van der Waals surface area contributed by atoms with E-state index < -0.39 is 6.10 Å². The Morgan fingerprint density at radius 1 is 1.35 bits per heavy atom. The zero-order valence-electron chi connectivity index (χ0n) is 10.3. The lowest BCUT2D eigenvalue weighted by molar-refractivity contribution is 0.00630. The molecule has 17 heavy (non-hydrogen) atoms. The smallest absolute Gasteiger partial charge is 0.0897 e. The highest BCUT2D eigenvalue weighted by Gasteiger charge is 2.05. The SMILES string of the molecule is CC(C)OCC(O)CNCc1ccccc1Cl. The minimum Gasteiger partial charge on any atom is -0.389 e. The van der Waals surface area contributed by atoms with E-state index in [1.807, 2.05) is 38.1 Å². The van der Waals surface area contributed by atoms with Gasteiger partial charge in [0.15, 0.2) is 0 Å². The van der Waals surface area contributed by atoms with Crippen LogP contribution in [0.3, 0.4) is 0 Å². The predicted octanol–water partition coefficient (Wildman–Crippen LogP) is 2.22. The summed E-state index contributed by atoms with van der Waals surface area (Å²) in [6.45, 7) is 5.40. The Kier molecular flexibility index (Phi) is 6.52. The number of hydrogen-bond donors (Lipinski definition) is 2. The number of nitrogens with one attached hydrogen (secondary N) is 1. The molecule has 1 unspecified atom stereocenters. The van der Waals surface area contributed by atoms with Gasteiger partial charge in [0.1, 0.15) is 0 Å². The molecule has 0 saturated carbocycles. The molecule has 2 N–H and O–H groups in total. The van der Waals surface area contributed by atoms with Crippen molar-refractivity contribution in [3.05, 3.63) is 34.9 Å². The number of benzene rings is 1. The molecule has 0 spiro atoms. The quantitative estimate of drug-likeness (QED) is 0.787. The van der Waals surface area contributed by atoms with E-state index in [1.165, 1.54) is 0 Å². The lowest BCUT2D eigenvalue weighted by Gasteiger charge is -2.14. The third-order valence-corrected chi connectivity index (χ3v) is 2.64. The summed E-state index contributed by atoms with van der Waals surface area (Å²) < 4.78 is 5.31. The van der Waals surface area contributed by atoms with Gasteiger partial charge in [0.25, 0.3) is 0 Å². The van der Waals surface area contributed by atoms with E-state index >= 15 is 0 Å². The lowest BCUT2D eigenvalue weighted by Crippen LogP contribution is -2.31. The summed E-state index contributed by atoms with van der Waals surface area (Å²) >= 11 is 6.02. The summed E-state index contributed by atoms with van der Waals surface area (Å²) in [5, 5.41) is 13.5. The van der Waals surface area contributed by atoms with Gasteiger partial charge >= 0.3 is 0 Å². The van der Waals surface area contributed by atoms with Crippen molar-refractivity contribution in [1.29, 1.82) is 0 Å². The highest BCUT2D eigenvalue weighted by molar-refractivity contribution is 6.31. The van der Waals surface area contributed by atoms with Crippen LogP contribution >= 0.6 is 11.6 Å². The normalized spacial score (nSPS) is 13.0. The van der Waals surface area contributed by atoms with E-state index in [9.17, 15) is 5.11 Å². The fourth-order valence-corrected chi connectivity index (χ4v) is 1.58. The molecule has 0 radical (unpaired) electrons. The minimum absolute atomic E-state index is 0.146. The molecule has 1 atom stereocenters. The van der Waals surface area contributed by atoms with Crippen LogP contribution < -0.4 is 5.32 Å². The van der Waals surface area contributed by atoms with Crippen LogP contribution in [0.1, 0.15) is 19.4 Å². The molecule has 0 aliphatic heterocycles. The van der Waals surface area contributed by atoms with Gasteiger partial charge < -0.3 is 15.2 Å². The van der Waals surface area contributed by atoms with Crippen LogP contribution in [-0.2, 0) is 11.3 Å². The second kappa shape index (κ2) is 7.67. The Balaban J connectivity index is 2.21. The highest BCUT2D eigenvalue weighted by atomic mass is 35.5. The topological polar surface area (TPSA) is 41.5 Å². The Hall–Kier alpha value is -0.610. The first-order valence-corrected chi connectivity index (χ1v) is 6.21. The average Bonchev–Trinajstić information content (AvgIpc) is 2.29. The van der Waals surface area contributed by atoms with E-state index in [0.717, 1.165) is 10.6 Å². The summed E-state index contributed by atoms with van der Waals surface area (Å²) in [6.07, 6.45) is -0.340. The largest absolute Gasteiger partial charge is 0.389 e. The van der Waals surface area contributed by atoms with E-state index in [1.54, 1.807) is 0 Å². The molecule has 3 nitrogen and oxygen atoms in total. The number of aliphatic hydroxyl groups excluding tert-OH is 1. The van der Waals surface area contributed by atoms with Gasteiger partial charge in [-0.3, -0.25) is 0 Å². The zero-order chi connectivity index (χ0) is 12.7. The maximum absolute atomic E-state index is 9.62. The molecule has 0 aliphatic carbocycles. The first-order valence-electron chi connectivity index (χ1n) is 5.83. The first kappa shape index (κ1) is 14.5. The van der Waals surface area contributed by atoms with Gasteiger partial charge in [-0.15, -0.1) is 0 Å². The second-order valence-electron chi connectivity index (χ2n) is 4.26. The third kappa shape index (κ3) is 6.03. The van der Waals surface area contributed by atoms with E-state index in [-0.39, 0.29) is 6.10 Å². The van der Waals surface area contributed by atoms with Crippen molar-refractivity contribution in [3.8, 4) is 0 Å². The van der Waals surface area contributed by atoms with Gasteiger partial charge in [0.2, 0.25) is 0 Å². The molecule has 1 aromatic carbocycles. The average molecular weight is 258 g/mol. The van der Waals surface area contributed by atoms with Gasteiger partial charge in [-0.2, -0.15) is 0 Å². The number of rotatable bonds is 7. The molecule has 4 heteroatoms. The number of ether oxygens (including phenoxy) is 1. The first-order chi connectivity index (χ1) is 8.09. The monoisotopic (exact) mass is 257 g/mol. The zero-order valence-corrected chi connectivity index (χ0v) is 11.1. The third-order valence-electron chi connectivity index (χ3n) is 2.28. The Bertz CT molecular complexity index is 331. The van der Waals surface area contributed by atoms with Gasteiger partial charge in [-0.1, -0.05) is 29.8 Å². The van der Waals surface area contributed by atoms with Crippen molar-refractivity contribution < 1.29 is 9.84 Å². The molecule has 1 aromatic rings. The molecule has 0 amide bonds. The Morgan fingerprint density at radius 2 is 2.06 bits per heavy atom. The highest BCUT2D eigenvalue weighted by Crippen LogP contribution is 2.14. The summed E-state index contributed by atoms with van der Waals surface area (Å²) in [6, 6.07) is 7.67. The van der Waals surface area contributed by atoms with Gasteiger partial charge in [0.05, 0.1) is 18.8 Å². The van der Waals surface area contributed by atoms with Crippen LogP contribution in [0.15, 0.2) is 24.3 Å². The van der Waals surface area contributed by atoms with Gasteiger partial charge in [-0.25, -0.2) is 0 Å². The molecule has 0 bridgehead atoms. The predicted molar refractivity (Wildman–Crippen MR) is 70.3 cm³/mol. The van der Waals surface area contributed by atoms with Crippen LogP contribution in [-0.4, -0.2) is 30.5 Å². The van der Waals surface area contributed by atoms with Gasteiger partial charge in [0, 0.05) is 18.1 Å². The summed E-state index contributed by atoms with van der Waals surface area (Å²) in [4.78, 5) is 0. The molecule has 0 saturated heterocycles. The summed E-state index contributed by atoms with van der Waals surface area (Å²) in [5.74, 6) is 0. The minimum atomic E-state index is -0.486. The molecule has 0 fully saturated rings. The second-order valence-corrected chi connectivity index (χ2v) is 4.67. The van der Waals surface area contributed by atoms with Crippen LogP contribution in [0.4, 0.5) is 0 Å². The van der Waals surface area contributed by atoms with Crippen LogP contribution in [0.2, 0.25) is 5.02 Å². The molecule has 0 heterocycles. The van der Waals surface area contributed by atoms with Crippen molar-refractivity contribution in [2.24, 2.45) is 0 Å². The molecular weight excluding hydrogens is 238 g/mol. The van der Waals surface area contributed by atoms with Crippen LogP contribution in [0.25, 0.3) is 0 Å². The van der Waals surface area contributed by atoms with E-state index in [4.69, 9.17) is 16.3 Å². The van der Waals surface area contributed by atoms with Crippen LogP contribution in [0, 0.1) is 0 Å². The molecule has 1 rings (SSSR count). The lowest BCUT2D eigenvalue weighted by atomic mass is 10.2. The maximum Gasteiger partial charge on any atom is 0.0897 e. The number of halogens is 1. The van der Waals surface area contributed by atoms with Crippen molar-refractivity contribution in [3.63, 3.8) is 0 Å². The van der Waals surface area contributed by atoms with Crippen molar-refractivity contribution in [2.45, 2.75) is 32.6 Å². The maximum atomic E-state index is 9.62. The molecule has 0 aromatic heterocycles. The molecule has 0 aliphatic rings. The van der Waals surface area contributed by atoms with Crippen molar-refractivity contribution >= 4 is 11.6 Å². The van der Waals surface area contributed by atoms with Crippen molar-refractivity contribution in [1.82, 2.24) is 5.32 Å². The Morgan fingerprint density at radius 3 is 2.71 bits per heavy atom. The van der Waals surface area contributed by atoms with Gasteiger partial charge in [-0.05, 0) is 25.5 Å². The van der Waals surface area contributed by atoms with E-state index in [0.29, 0.717) is 19.7 Å².